The Kier molecular flexibility index (Phi) is 12.4. The molecular formula is C32H28Cl2F6N4O8. The minimum atomic E-state index is -4.86. The van der Waals surface area contributed by atoms with E-state index in [-0.39, 0.29) is 32.5 Å². The molecule has 4 rings (SSSR count). The highest BCUT2D eigenvalue weighted by Crippen LogP contribution is 2.28. The minimum absolute atomic E-state index is 0.0104. The summed E-state index contributed by atoms with van der Waals surface area (Å²) in [5.41, 5.74) is -8.01. The Morgan fingerprint density at radius 1 is 0.596 bits per heavy atom. The molecule has 0 saturated heterocycles. The number of hydrogen-bond donors (Lipinski definition) is 0. The summed E-state index contributed by atoms with van der Waals surface area (Å²) < 4.78 is 89.1. The van der Waals surface area contributed by atoms with Gasteiger partial charge in [0.2, 0.25) is 0 Å². The lowest BCUT2D eigenvalue weighted by Crippen LogP contribution is -2.40. The van der Waals surface area contributed by atoms with Gasteiger partial charge in [-0.2, -0.15) is 26.3 Å². The normalized spacial score (nSPS) is 11.7. The highest BCUT2D eigenvalue weighted by atomic mass is 35.5. The summed E-state index contributed by atoms with van der Waals surface area (Å²) in [6, 6.07) is 7.82. The SMILES string of the molecule is CC(C)OC(=O)c1cc(-n2c(=O)cc(C(F)(F)F)n(C)c2=O)ccc1Cl.CC(C)OC(=O)c1cc(-n2c(=O)cc(C(F)(F)F)n(C)c2=O)ccc1Cl. The third kappa shape index (κ3) is 9.22. The van der Waals surface area contributed by atoms with Crippen molar-refractivity contribution in [1.82, 2.24) is 18.3 Å². The second kappa shape index (κ2) is 15.6. The van der Waals surface area contributed by atoms with Gasteiger partial charge in [0, 0.05) is 26.2 Å². The Balaban J connectivity index is 0.000000280. The van der Waals surface area contributed by atoms with Crippen LogP contribution in [-0.4, -0.2) is 42.4 Å². The molecule has 0 fully saturated rings. The van der Waals surface area contributed by atoms with E-state index in [0.29, 0.717) is 30.4 Å². The molecule has 2 heterocycles. The van der Waals surface area contributed by atoms with E-state index in [9.17, 15) is 55.1 Å². The standard InChI is InChI=1S/2C16H14ClF3N2O4/c2*1-8(2)26-14(24)10-6-9(4-5-11(10)17)22-13(23)7-12(16(18,19)20)21(3)15(22)25/h2*4-8H,1-3H3. The molecule has 280 valence electrons. The average molecular weight is 781 g/mol. The molecule has 0 atom stereocenters. The zero-order valence-electron chi connectivity index (χ0n) is 27.9. The zero-order chi connectivity index (χ0) is 39.6. The summed E-state index contributed by atoms with van der Waals surface area (Å²) in [7, 11) is 1.79. The lowest BCUT2D eigenvalue weighted by atomic mass is 10.2. The number of carbonyl (C=O) groups excluding carboxylic acids is 2. The van der Waals surface area contributed by atoms with E-state index in [4.69, 9.17) is 32.7 Å². The number of alkyl halides is 6. The smallest absolute Gasteiger partial charge is 0.431 e. The van der Waals surface area contributed by atoms with Gasteiger partial charge in [-0.3, -0.25) is 18.7 Å². The van der Waals surface area contributed by atoms with Gasteiger partial charge < -0.3 is 9.47 Å². The van der Waals surface area contributed by atoms with E-state index in [1.807, 2.05) is 0 Å². The van der Waals surface area contributed by atoms with Gasteiger partial charge in [-0.05, 0) is 64.1 Å². The first-order valence-corrected chi connectivity index (χ1v) is 15.4. The number of aromatic nitrogens is 4. The summed E-state index contributed by atoms with van der Waals surface area (Å²) in [4.78, 5) is 72.9. The van der Waals surface area contributed by atoms with Gasteiger partial charge in [-0.15, -0.1) is 0 Å². The van der Waals surface area contributed by atoms with Crippen molar-refractivity contribution in [2.75, 3.05) is 0 Å². The maximum Gasteiger partial charge on any atom is 0.431 e. The number of carbonyl (C=O) groups is 2. The van der Waals surface area contributed by atoms with Gasteiger partial charge in [0.25, 0.3) is 11.1 Å². The topological polar surface area (TPSA) is 141 Å². The van der Waals surface area contributed by atoms with Crippen molar-refractivity contribution in [2.45, 2.75) is 52.3 Å². The van der Waals surface area contributed by atoms with E-state index in [1.54, 1.807) is 27.7 Å². The summed E-state index contributed by atoms with van der Waals surface area (Å²) in [6.07, 6.45) is -10.6. The van der Waals surface area contributed by atoms with Crippen LogP contribution in [0, 0.1) is 0 Å². The Morgan fingerprint density at radius 3 is 1.17 bits per heavy atom. The molecule has 4 aromatic rings. The zero-order valence-corrected chi connectivity index (χ0v) is 29.4. The molecule has 52 heavy (non-hydrogen) atoms. The Labute approximate surface area is 299 Å². The molecule has 0 radical (unpaired) electrons. The first-order chi connectivity index (χ1) is 23.9. The Bertz CT molecular complexity index is 2110. The molecular weight excluding hydrogens is 753 g/mol. The second-order valence-electron chi connectivity index (χ2n) is 11.3. The molecule has 0 saturated carbocycles. The molecule has 0 aliphatic carbocycles. The van der Waals surface area contributed by atoms with Crippen LogP contribution in [0.4, 0.5) is 26.3 Å². The number of halogens is 8. The first kappa shape index (κ1) is 41.3. The summed E-state index contributed by atoms with van der Waals surface area (Å²) in [5.74, 6) is -1.58. The predicted molar refractivity (Wildman–Crippen MR) is 176 cm³/mol. The molecule has 2 aromatic carbocycles. The van der Waals surface area contributed by atoms with Crippen LogP contribution in [0.5, 0.6) is 0 Å². The maximum atomic E-state index is 12.9. The number of rotatable bonds is 6. The highest BCUT2D eigenvalue weighted by Gasteiger charge is 2.36. The fourth-order valence-electron chi connectivity index (χ4n) is 4.44. The van der Waals surface area contributed by atoms with Crippen molar-refractivity contribution in [3.63, 3.8) is 0 Å². The highest BCUT2D eigenvalue weighted by molar-refractivity contribution is 6.34. The molecule has 0 amide bonds. The largest absolute Gasteiger partial charge is 0.459 e. The van der Waals surface area contributed by atoms with E-state index in [1.165, 1.54) is 24.3 Å². The van der Waals surface area contributed by atoms with Crippen molar-refractivity contribution in [1.29, 1.82) is 0 Å². The molecule has 12 nitrogen and oxygen atoms in total. The fraction of sp³-hybridized carbons (Fsp3) is 0.312. The Hall–Kier alpha value is -5.10. The van der Waals surface area contributed by atoms with Gasteiger partial charge in [0.1, 0.15) is 11.4 Å². The van der Waals surface area contributed by atoms with Crippen LogP contribution in [0.15, 0.2) is 67.7 Å². The van der Waals surface area contributed by atoms with Crippen molar-refractivity contribution >= 4 is 35.1 Å². The molecule has 0 bridgehead atoms. The summed E-state index contributed by atoms with van der Waals surface area (Å²) >= 11 is 11.9. The molecule has 0 aliphatic heterocycles. The van der Waals surface area contributed by atoms with Crippen molar-refractivity contribution in [3.8, 4) is 11.4 Å². The lowest BCUT2D eigenvalue weighted by molar-refractivity contribution is -0.144. The van der Waals surface area contributed by atoms with Crippen LogP contribution >= 0.6 is 23.2 Å². The summed E-state index contributed by atoms with van der Waals surface area (Å²) in [5, 5.41) is 0.0207. The third-order valence-corrected chi connectivity index (χ3v) is 7.42. The van der Waals surface area contributed by atoms with Crippen LogP contribution < -0.4 is 22.5 Å². The van der Waals surface area contributed by atoms with E-state index in [0.717, 1.165) is 26.2 Å². The molecule has 0 N–H and O–H groups in total. The molecule has 0 aliphatic rings. The number of hydrogen-bond acceptors (Lipinski definition) is 8. The van der Waals surface area contributed by atoms with E-state index in [2.05, 4.69) is 0 Å². The van der Waals surface area contributed by atoms with Crippen LogP contribution in [0.25, 0.3) is 11.4 Å². The average Bonchev–Trinajstić information content (AvgIpc) is 3.00. The predicted octanol–water partition coefficient (Wildman–Crippen LogP) is 5.55. The van der Waals surface area contributed by atoms with Crippen molar-refractivity contribution < 1.29 is 45.4 Å². The number of benzene rings is 2. The lowest BCUT2D eigenvalue weighted by Gasteiger charge is -2.15. The Morgan fingerprint density at radius 2 is 0.904 bits per heavy atom. The van der Waals surface area contributed by atoms with Gasteiger partial charge >= 0.3 is 35.7 Å². The number of esters is 2. The van der Waals surface area contributed by atoms with Crippen molar-refractivity contribution in [2.24, 2.45) is 14.1 Å². The monoisotopic (exact) mass is 780 g/mol. The molecule has 0 spiro atoms. The van der Waals surface area contributed by atoms with Gasteiger partial charge in [0.05, 0.1) is 44.8 Å². The maximum absolute atomic E-state index is 12.9. The molecule has 2 aromatic heterocycles. The minimum Gasteiger partial charge on any atom is -0.459 e. The fourth-order valence-corrected chi connectivity index (χ4v) is 4.83. The van der Waals surface area contributed by atoms with Crippen LogP contribution in [0.2, 0.25) is 10.0 Å². The van der Waals surface area contributed by atoms with E-state index < -0.39 is 70.4 Å². The third-order valence-electron chi connectivity index (χ3n) is 6.76. The molecule has 0 unspecified atom stereocenters. The van der Waals surface area contributed by atoms with Gasteiger partial charge in [-0.25, -0.2) is 28.3 Å². The van der Waals surface area contributed by atoms with Crippen LogP contribution in [0.1, 0.15) is 59.8 Å². The van der Waals surface area contributed by atoms with Crippen molar-refractivity contribution in [3.05, 3.63) is 123 Å². The quantitative estimate of drug-likeness (QED) is 0.183. The van der Waals surface area contributed by atoms with Gasteiger partial charge in [0.15, 0.2) is 0 Å². The second-order valence-corrected chi connectivity index (χ2v) is 12.1. The van der Waals surface area contributed by atoms with Crippen LogP contribution in [0.3, 0.4) is 0 Å². The summed E-state index contributed by atoms with van der Waals surface area (Å²) in [6.45, 7) is 6.47. The van der Waals surface area contributed by atoms with E-state index >= 15 is 0 Å². The molecule has 20 heteroatoms. The number of ether oxygens (including phenoxy) is 2. The first-order valence-electron chi connectivity index (χ1n) is 14.7. The van der Waals surface area contributed by atoms with Crippen LogP contribution in [-0.2, 0) is 35.9 Å². The number of nitrogens with zero attached hydrogens (tertiary/aromatic N) is 4. The van der Waals surface area contributed by atoms with Gasteiger partial charge in [-0.1, -0.05) is 23.2 Å².